The number of aromatic nitrogens is 2. The van der Waals surface area contributed by atoms with Crippen molar-refractivity contribution in [2.75, 3.05) is 18.3 Å². The van der Waals surface area contributed by atoms with Crippen molar-refractivity contribution >= 4 is 22.0 Å². The third-order valence-corrected chi connectivity index (χ3v) is 3.76. The van der Waals surface area contributed by atoms with E-state index in [-0.39, 0.29) is 13.0 Å². The molecule has 0 spiro atoms. The van der Waals surface area contributed by atoms with Gasteiger partial charge in [0.25, 0.3) is 0 Å². The zero-order chi connectivity index (χ0) is 13.9. The molecule has 0 atom stereocenters. The van der Waals surface area contributed by atoms with E-state index in [1.165, 1.54) is 11.7 Å². The Morgan fingerprint density at radius 1 is 1.61 bits per heavy atom. The van der Waals surface area contributed by atoms with E-state index in [4.69, 9.17) is 5.11 Å². The monoisotopic (exact) mass is 276 g/mol. The SMILES string of the molecule is Cc1cc(NS(=O)(=O)N(C)CCC(=O)O)n(C)n1. The zero-order valence-electron chi connectivity index (χ0n) is 10.4. The van der Waals surface area contributed by atoms with Crippen molar-refractivity contribution in [1.29, 1.82) is 0 Å². The highest BCUT2D eigenvalue weighted by molar-refractivity contribution is 7.90. The second kappa shape index (κ2) is 5.36. The highest BCUT2D eigenvalue weighted by Crippen LogP contribution is 2.11. The number of hydrogen-bond acceptors (Lipinski definition) is 4. The molecule has 102 valence electrons. The molecule has 0 aliphatic rings. The second-order valence-corrected chi connectivity index (χ2v) is 5.64. The number of aryl methyl sites for hydroxylation is 2. The van der Waals surface area contributed by atoms with Crippen molar-refractivity contribution in [2.45, 2.75) is 13.3 Å². The fraction of sp³-hybridized carbons (Fsp3) is 0.556. The predicted octanol–water partition coefficient (Wildman–Crippen LogP) is -0.208. The van der Waals surface area contributed by atoms with E-state index in [0.29, 0.717) is 11.5 Å². The normalized spacial score (nSPS) is 11.8. The van der Waals surface area contributed by atoms with Gasteiger partial charge in [0.1, 0.15) is 5.82 Å². The summed E-state index contributed by atoms with van der Waals surface area (Å²) in [6, 6.07) is 1.59. The van der Waals surface area contributed by atoms with Gasteiger partial charge < -0.3 is 5.11 Å². The van der Waals surface area contributed by atoms with Crippen molar-refractivity contribution in [3.63, 3.8) is 0 Å². The molecule has 1 heterocycles. The van der Waals surface area contributed by atoms with Crippen molar-refractivity contribution in [2.24, 2.45) is 7.05 Å². The quantitative estimate of drug-likeness (QED) is 0.748. The van der Waals surface area contributed by atoms with Gasteiger partial charge in [-0.15, -0.1) is 0 Å². The Hall–Kier alpha value is -1.61. The lowest BCUT2D eigenvalue weighted by atomic mass is 10.4. The molecular weight excluding hydrogens is 260 g/mol. The molecule has 0 aliphatic heterocycles. The minimum atomic E-state index is -3.76. The van der Waals surface area contributed by atoms with Crippen molar-refractivity contribution in [3.8, 4) is 0 Å². The summed E-state index contributed by atoms with van der Waals surface area (Å²) in [6.07, 6.45) is -0.248. The van der Waals surface area contributed by atoms with Gasteiger partial charge in [-0.1, -0.05) is 0 Å². The average Bonchev–Trinajstić information content (AvgIpc) is 2.53. The second-order valence-electron chi connectivity index (χ2n) is 3.87. The number of anilines is 1. The molecule has 0 unspecified atom stereocenters. The largest absolute Gasteiger partial charge is 0.481 e. The summed E-state index contributed by atoms with van der Waals surface area (Å²) in [6.45, 7) is 1.65. The summed E-state index contributed by atoms with van der Waals surface area (Å²) in [5, 5.41) is 12.5. The third kappa shape index (κ3) is 3.70. The lowest BCUT2D eigenvalue weighted by molar-refractivity contribution is -0.137. The fourth-order valence-electron chi connectivity index (χ4n) is 1.29. The molecule has 0 aromatic carbocycles. The number of aliphatic carboxylic acids is 1. The van der Waals surface area contributed by atoms with E-state index in [9.17, 15) is 13.2 Å². The Morgan fingerprint density at radius 2 is 2.22 bits per heavy atom. The molecule has 9 heteroatoms. The summed E-state index contributed by atoms with van der Waals surface area (Å²) in [4.78, 5) is 10.4. The lowest BCUT2D eigenvalue weighted by Gasteiger charge is -2.17. The minimum absolute atomic E-state index is 0.0957. The van der Waals surface area contributed by atoms with Crippen LogP contribution in [-0.2, 0) is 22.1 Å². The summed E-state index contributed by atoms with van der Waals surface area (Å²) in [7, 11) is -0.832. The Bertz CT molecular complexity index is 537. The van der Waals surface area contributed by atoms with Crippen LogP contribution in [0.15, 0.2) is 6.07 Å². The molecule has 0 bridgehead atoms. The Morgan fingerprint density at radius 3 is 2.67 bits per heavy atom. The molecule has 1 aromatic heterocycles. The summed E-state index contributed by atoms with van der Waals surface area (Å²) in [5.74, 6) is -0.719. The molecule has 1 rings (SSSR count). The summed E-state index contributed by atoms with van der Waals surface area (Å²) < 4.78 is 28.4. The first-order valence-corrected chi connectivity index (χ1v) is 6.63. The van der Waals surface area contributed by atoms with Gasteiger partial charge >= 0.3 is 16.2 Å². The molecular formula is C9H16N4O4S. The molecule has 2 N–H and O–H groups in total. The van der Waals surface area contributed by atoms with Crippen LogP contribution in [0.25, 0.3) is 0 Å². The van der Waals surface area contributed by atoms with Gasteiger partial charge in [0.15, 0.2) is 0 Å². The molecule has 8 nitrogen and oxygen atoms in total. The highest BCUT2D eigenvalue weighted by atomic mass is 32.2. The Balaban J connectivity index is 2.75. The van der Waals surface area contributed by atoms with Gasteiger partial charge in [0, 0.05) is 26.7 Å². The fourth-order valence-corrected chi connectivity index (χ4v) is 2.23. The number of nitrogens with one attached hydrogen (secondary N) is 1. The van der Waals surface area contributed by atoms with Crippen LogP contribution in [0.2, 0.25) is 0 Å². The van der Waals surface area contributed by atoms with Crippen LogP contribution in [0, 0.1) is 6.92 Å². The summed E-state index contributed by atoms with van der Waals surface area (Å²) in [5.41, 5.74) is 0.684. The van der Waals surface area contributed by atoms with Crippen LogP contribution in [0.5, 0.6) is 0 Å². The molecule has 0 saturated carbocycles. The minimum Gasteiger partial charge on any atom is -0.481 e. The van der Waals surface area contributed by atoms with E-state index in [1.807, 2.05) is 0 Å². The standard InChI is InChI=1S/C9H16N4O4S/c1-7-6-8(13(3)10-7)11-18(16,17)12(2)5-4-9(14)15/h6,11H,4-5H2,1-3H3,(H,14,15). The first-order chi connectivity index (χ1) is 8.22. The molecule has 0 radical (unpaired) electrons. The van der Waals surface area contributed by atoms with Gasteiger partial charge in [-0.25, -0.2) is 0 Å². The number of carbonyl (C=O) groups is 1. The van der Waals surface area contributed by atoms with E-state index in [0.717, 1.165) is 4.31 Å². The highest BCUT2D eigenvalue weighted by Gasteiger charge is 2.19. The molecule has 0 saturated heterocycles. The maximum atomic E-state index is 11.9. The number of hydrogen-bond donors (Lipinski definition) is 2. The van der Waals surface area contributed by atoms with E-state index in [2.05, 4.69) is 9.82 Å². The zero-order valence-corrected chi connectivity index (χ0v) is 11.2. The maximum absolute atomic E-state index is 11.9. The first kappa shape index (κ1) is 14.5. The lowest BCUT2D eigenvalue weighted by Crippen LogP contribution is -2.34. The third-order valence-electron chi connectivity index (χ3n) is 2.29. The van der Waals surface area contributed by atoms with E-state index in [1.54, 1.807) is 20.0 Å². The van der Waals surface area contributed by atoms with Gasteiger partial charge in [-0.05, 0) is 6.92 Å². The van der Waals surface area contributed by atoms with Crippen molar-refractivity contribution in [3.05, 3.63) is 11.8 Å². The van der Waals surface area contributed by atoms with Crippen LogP contribution in [0.1, 0.15) is 12.1 Å². The number of nitrogens with zero attached hydrogens (tertiary/aromatic N) is 3. The van der Waals surface area contributed by atoms with Crippen LogP contribution in [-0.4, -0.2) is 47.2 Å². The van der Waals surface area contributed by atoms with Gasteiger partial charge in [0.05, 0.1) is 12.1 Å². The summed E-state index contributed by atoms with van der Waals surface area (Å²) >= 11 is 0. The molecule has 1 aromatic rings. The van der Waals surface area contributed by atoms with Gasteiger partial charge in [-0.3, -0.25) is 14.2 Å². The number of carboxylic acid groups (broad SMARTS) is 1. The molecule has 0 fully saturated rings. The van der Waals surface area contributed by atoms with Crippen LogP contribution in [0.3, 0.4) is 0 Å². The van der Waals surface area contributed by atoms with Crippen molar-refractivity contribution in [1.82, 2.24) is 14.1 Å². The van der Waals surface area contributed by atoms with Crippen LogP contribution < -0.4 is 4.72 Å². The first-order valence-electron chi connectivity index (χ1n) is 5.19. The number of carboxylic acids is 1. The van der Waals surface area contributed by atoms with Gasteiger partial charge in [0.2, 0.25) is 0 Å². The van der Waals surface area contributed by atoms with E-state index >= 15 is 0 Å². The van der Waals surface area contributed by atoms with Gasteiger partial charge in [-0.2, -0.15) is 17.8 Å². The topological polar surface area (TPSA) is 105 Å². The molecule has 0 aliphatic carbocycles. The van der Waals surface area contributed by atoms with Crippen LogP contribution >= 0.6 is 0 Å². The molecule has 18 heavy (non-hydrogen) atoms. The Kier molecular flexibility index (Phi) is 4.30. The Labute approximate surface area is 105 Å². The molecule has 0 amide bonds. The average molecular weight is 276 g/mol. The van der Waals surface area contributed by atoms with Crippen LogP contribution in [0.4, 0.5) is 5.82 Å². The van der Waals surface area contributed by atoms with Crippen molar-refractivity contribution < 1.29 is 18.3 Å². The maximum Gasteiger partial charge on any atom is 0.304 e. The van der Waals surface area contributed by atoms with E-state index < -0.39 is 16.2 Å². The smallest absolute Gasteiger partial charge is 0.304 e. The number of rotatable bonds is 6. The predicted molar refractivity (Wildman–Crippen MR) is 65.4 cm³/mol.